The summed E-state index contributed by atoms with van der Waals surface area (Å²) in [4.78, 5) is 5.95. The molecule has 3 rings (SSSR count). The number of sulfonamides is 1. The number of halogens is 1. The molecule has 0 unspecified atom stereocenters. The van der Waals surface area contributed by atoms with E-state index in [0.717, 1.165) is 19.2 Å². The zero-order valence-corrected chi connectivity index (χ0v) is 11.8. The van der Waals surface area contributed by atoms with Gasteiger partial charge in [-0.3, -0.25) is 4.90 Å². The van der Waals surface area contributed by atoms with Crippen molar-refractivity contribution >= 4 is 10.0 Å². The first-order chi connectivity index (χ1) is 9.59. The van der Waals surface area contributed by atoms with E-state index >= 15 is 0 Å². The summed E-state index contributed by atoms with van der Waals surface area (Å²) in [6.07, 6.45) is 1.30. The van der Waals surface area contributed by atoms with Crippen molar-refractivity contribution in [3.05, 3.63) is 24.1 Å². The van der Waals surface area contributed by atoms with Crippen LogP contribution in [0.15, 0.2) is 23.4 Å². The minimum atomic E-state index is -3.83. The first-order valence-electron chi connectivity index (χ1n) is 6.64. The van der Waals surface area contributed by atoms with E-state index in [1.165, 1.54) is 16.6 Å². The van der Waals surface area contributed by atoms with Gasteiger partial charge in [0.15, 0.2) is 5.82 Å². The minimum absolute atomic E-state index is 0.384. The molecule has 2 aliphatic heterocycles. The number of pyridine rings is 1. The van der Waals surface area contributed by atoms with Gasteiger partial charge in [0.05, 0.1) is 0 Å². The predicted molar refractivity (Wildman–Crippen MR) is 71.2 cm³/mol. The Hall–Kier alpha value is -1.09. The monoisotopic (exact) mass is 300 g/mol. The fourth-order valence-corrected chi connectivity index (χ4v) is 3.92. The SMILES string of the molecule is O=S(=O)(c1ncccc1F)N1CCN(C2CNC2)CC1. The molecule has 110 valence electrons. The molecule has 2 fully saturated rings. The van der Waals surface area contributed by atoms with Gasteiger partial charge < -0.3 is 5.32 Å². The average Bonchev–Trinajstić information content (AvgIpc) is 2.38. The van der Waals surface area contributed by atoms with E-state index in [4.69, 9.17) is 0 Å². The van der Waals surface area contributed by atoms with Crippen molar-refractivity contribution in [3.8, 4) is 0 Å². The Balaban J connectivity index is 1.72. The molecule has 0 aromatic carbocycles. The molecule has 20 heavy (non-hydrogen) atoms. The Bertz CT molecular complexity index is 583. The van der Waals surface area contributed by atoms with Crippen LogP contribution in [-0.2, 0) is 10.0 Å². The van der Waals surface area contributed by atoms with Gasteiger partial charge in [0.2, 0.25) is 5.03 Å². The van der Waals surface area contributed by atoms with E-state index < -0.39 is 20.9 Å². The van der Waals surface area contributed by atoms with Crippen molar-refractivity contribution in [2.45, 2.75) is 11.1 Å². The first kappa shape index (κ1) is 13.9. The molecule has 0 bridgehead atoms. The smallest absolute Gasteiger partial charge is 0.263 e. The van der Waals surface area contributed by atoms with Crippen LogP contribution < -0.4 is 5.32 Å². The van der Waals surface area contributed by atoms with E-state index in [1.54, 1.807) is 0 Å². The van der Waals surface area contributed by atoms with Crippen molar-refractivity contribution in [3.63, 3.8) is 0 Å². The summed E-state index contributed by atoms with van der Waals surface area (Å²) < 4.78 is 39.7. The second kappa shape index (κ2) is 5.36. The first-order valence-corrected chi connectivity index (χ1v) is 8.08. The average molecular weight is 300 g/mol. The molecule has 3 heterocycles. The Morgan fingerprint density at radius 3 is 2.50 bits per heavy atom. The highest BCUT2D eigenvalue weighted by molar-refractivity contribution is 7.89. The summed E-state index contributed by atoms with van der Waals surface area (Å²) in [6.45, 7) is 4.05. The maximum absolute atomic E-state index is 13.6. The van der Waals surface area contributed by atoms with Crippen LogP contribution in [0.1, 0.15) is 0 Å². The second-order valence-electron chi connectivity index (χ2n) is 5.04. The third kappa shape index (κ3) is 2.44. The van der Waals surface area contributed by atoms with E-state index in [2.05, 4.69) is 15.2 Å². The largest absolute Gasteiger partial charge is 0.314 e. The summed E-state index contributed by atoms with van der Waals surface area (Å²) in [6, 6.07) is 3.01. The van der Waals surface area contributed by atoms with Gasteiger partial charge in [-0.2, -0.15) is 4.31 Å². The van der Waals surface area contributed by atoms with Gasteiger partial charge in [0.1, 0.15) is 0 Å². The molecule has 1 aromatic rings. The molecule has 2 aliphatic rings. The van der Waals surface area contributed by atoms with Crippen molar-refractivity contribution in [1.82, 2.24) is 19.5 Å². The number of rotatable bonds is 3. The maximum atomic E-state index is 13.6. The molecule has 0 spiro atoms. The van der Waals surface area contributed by atoms with E-state index in [-0.39, 0.29) is 0 Å². The summed E-state index contributed by atoms with van der Waals surface area (Å²) in [5.74, 6) is -0.793. The molecule has 0 aliphatic carbocycles. The van der Waals surface area contributed by atoms with Crippen LogP contribution in [0, 0.1) is 5.82 Å². The topological polar surface area (TPSA) is 65.5 Å². The number of hydrogen-bond donors (Lipinski definition) is 1. The minimum Gasteiger partial charge on any atom is -0.314 e. The van der Waals surface area contributed by atoms with Crippen LogP contribution in [0.5, 0.6) is 0 Å². The van der Waals surface area contributed by atoms with Crippen LogP contribution in [0.2, 0.25) is 0 Å². The lowest BCUT2D eigenvalue weighted by molar-refractivity contribution is 0.103. The fraction of sp³-hybridized carbons (Fsp3) is 0.583. The van der Waals surface area contributed by atoms with Gasteiger partial charge in [0, 0.05) is 51.5 Å². The summed E-state index contributed by atoms with van der Waals surface area (Å²) in [5.41, 5.74) is 0. The zero-order valence-electron chi connectivity index (χ0n) is 11.0. The van der Waals surface area contributed by atoms with Gasteiger partial charge in [-0.15, -0.1) is 0 Å². The third-order valence-corrected chi connectivity index (χ3v) is 5.69. The normalized spacial score (nSPS) is 22.6. The van der Waals surface area contributed by atoms with E-state index in [0.29, 0.717) is 32.2 Å². The highest BCUT2D eigenvalue weighted by Crippen LogP contribution is 2.19. The molecule has 1 N–H and O–H groups in total. The van der Waals surface area contributed by atoms with E-state index in [9.17, 15) is 12.8 Å². The van der Waals surface area contributed by atoms with Crippen LogP contribution >= 0.6 is 0 Å². The van der Waals surface area contributed by atoms with Gasteiger partial charge in [-0.1, -0.05) is 0 Å². The highest BCUT2D eigenvalue weighted by atomic mass is 32.2. The maximum Gasteiger partial charge on any atom is 0.263 e. The Kier molecular flexibility index (Phi) is 3.72. The Morgan fingerprint density at radius 1 is 1.25 bits per heavy atom. The van der Waals surface area contributed by atoms with Gasteiger partial charge in [0.25, 0.3) is 10.0 Å². The van der Waals surface area contributed by atoms with Crippen LogP contribution in [0.4, 0.5) is 4.39 Å². The molecule has 0 amide bonds. The quantitative estimate of drug-likeness (QED) is 0.815. The Labute approximate surface area is 117 Å². The zero-order chi connectivity index (χ0) is 14.2. The standard InChI is InChI=1S/C12H17FN4O2S/c13-11-2-1-3-15-12(11)20(18,19)17-6-4-16(5-7-17)10-8-14-9-10/h1-3,10,14H,4-9H2. The molecule has 8 heteroatoms. The number of hydrogen-bond acceptors (Lipinski definition) is 5. The van der Waals surface area contributed by atoms with Crippen molar-refractivity contribution in [2.75, 3.05) is 39.3 Å². The van der Waals surface area contributed by atoms with Gasteiger partial charge in [-0.25, -0.2) is 17.8 Å². The third-order valence-electron chi connectivity index (χ3n) is 3.86. The van der Waals surface area contributed by atoms with Crippen LogP contribution in [0.3, 0.4) is 0 Å². The highest BCUT2D eigenvalue weighted by Gasteiger charge is 2.34. The van der Waals surface area contributed by atoms with E-state index in [1.807, 2.05) is 0 Å². The molecule has 0 saturated carbocycles. The summed E-state index contributed by atoms with van der Waals surface area (Å²) >= 11 is 0. The summed E-state index contributed by atoms with van der Waals surface area (Å²) in [5, 5.41) is 2.73. The summed E-state index contributed by atoms with van der Waals surface area (Å²) in [7, 11) is -3.83. The molecular formula is C12H17FN4O2S. The lowest BCUT2D eigenvalue weighted by Crippen LogP contribution is -2.62. The van der Waals surface area contributed by atoms with Crippen LogP contribution in [0.25, 0.3) is 0 Å². The van der Waals surface area contributed by atoms with Crippen LogP contribution in [-0.4, -0.2) is 67.9 Å². The lowest BCUT2D eigenvalue weighted by Gasteiger charge is -2.42. The predicted octanol–water partition coefficient (Wildman–Crippen LogP) is -0.501. The molecule has 0 radical (unpaired) electrons. The lowest BCUT2D eigenvalue weighted by atomic mass is 10.1. The van der Waals surface area contributed by atoms with Gasteiger partial charge >= 0.3 is 0 Å². The number of nitrogens with one attached hydrogen (secondary N) is 1. The molecule has 6 nitrogen and oxygen atoms in total. The number of piperazine rings is 1. The molecule has 0 atom stereocenters. The molecular weight excluding hydrogens is 283 g/mol. The second-order valence-corrected chi connectivity index (χ2v) is 6.90. The number of nitrogens with zero attached hydrogens (tertiary/aromatic N) is 3. The van der Waals surface area contributed by atoms with Crippen molar-refractivity contribution in [2.24, 2.45) is 0 Å². The van der Waals surface area contributed by atoms with Gasteiger partial charge in [-0.05, 0) is 12.1 Å². The van der Waals surface area contributed by atoms with Crippen molar-refractivity contribution < 1.29 is 12.8 Å². The fourth-order valence-electron chi connectivity index (χ4n) is 2.52. The molecule has 1 aromatic heterocycles. The van der Waals surface area contributed by atoms with Crippen molar-refractivity contribution in [1.29, 1.82) is 0 Å². The number of aromatic nitrogens is 1. The Morgan fingerprint density at radius 2 is 1.95 bits per heavy atom. The molecule has 2 saturated heterocycles.